The molecule has 2 aromatic rings. The molecule has 0 radical (unpaired) electrons. The lowest BCUT2D eigenvalue weighted by Crippen LogP contribution is -2.19. The molecule has 1 atom stereocenters. The van der Waals surface area contributed by atoms with Crippen molar-refractivity contribution >= 4 is 15.9 Å². The van der Waals surface area contributed by atoms with Gasteiger partial charge in [0.25, 0.3) is 0 Å². The number of ether oxygens (including phenoxy) is 1. The molecule has 0 aliphatic rings. The topological polar surface area (TPSA) is 21.3 Å². The van der Waals surface area contributed by atoms with Crippen molar-refractivity contribution in [3.05, 3.63) is 63.4 Å². The molecule has 2 nitrogen and oxygen atoms in total. The van der Waals surface area contributed by atoms with E-state index in [0.29, 0.717) is 5.56 Å². The number of methoxy groups -OCH3 is 1. The van der Waals surface area contributed by atoms with Crippen LogP contribution in [0.1, 0.15) is 22.7 Å². The first kappa shape index (κ1) is 16.0. The highest BCUT2D eigenvalue weighted by Gasteiger charge is 2.14. The predicted molar refractivity (Wildman–Crippen MR) is 87.3 cm³/mol. The van der Waals surface area contributed by atoms with Gasteiger partial charge in [-0.1, -0.05) is 28.1 Å². The van der Waals surface area contributed by atoms with E-state index in [1.807, 2.05) is 37.4 Å². The maximum atomic E-state index is 13.4. The Morgan fingerprint density at radius 3 is 2.62 bits per heavy atom. The number of likely N-dealkylation sites (N-methyl/N-ethyl adjacent to an activating group) is 1. The molecule has 21 heavy (non-hydrogen) atoms. The molecule has 0 fully saturated rings. The van der Waals surface area contributed by atoms with Crippen LogP contribution in [0.2, 0.25) is 0 Å². The summed E-state index contributed by atoms with van der Waals surface area (Å²) in [6.07, 6.45) is 0.791. The van der Waals surface area contributed by atoms with Gasteiger partial charge in [0.1, 0.15) is 11.6 Å². The van der Waals surface area contributed by atoms with Crippen molar-refractivity contribution in [1.82, 2.24) is 5.32 Å². The van der Waals surface area contributed by atoms with Gasteiger partial charge in [-0.15, -0.1) is 0 Å². The van der Waals surface area contributed by atoms with Gasteiger partial charge in [0.15, 0.2) is 0 Å². The van der Waals surface area contributed by atoms with Crippen LogP contribution in [0, 0.1) is 12.7 Å². The van der Waals surface area contributed by atoms with E-state index >= 15 is 0 Å². The van der Waals surface area contributed by atoms with Gasteiger partial charge in [-0.3, -0.25) is 0 Å². The molecule has 1 N–H and O–H groups in total. The third-order valence-electron chi connectivity index (χ3n) is 3.61. The SMILES string of the molecule is CNC(Cc1cc(OC)ccc1Br)c1ccc(F)c(C)c1. The zero-order chi connectivity index (χ0) is 15.4. The molecule has 0 saturated heterocycles. The van der Waals surface area contributed by atoms with E-state index in [4.69, 9.17) is 4.74 Å². The van der Waals surface area contributed by atoms with E-state index < -0.39 is 0 Å². The average Bonchev–Trinajstić information content (AvgIpc) is 2.49. The second-order valence-electron chi connectivity index (χ2n) is 5.01. The predicted octanol–water partition coefficient (Wildman–Crippen LogP) is 4.41. The average molecular weight is 352 g/mol. The fourth-order valence-electron chi connectivity index (χ4n) is 2.33. The minimum atomic E-state index is -0.170. The van der Waals surface area contributed by atoms with Crippen LogP contribution < -0.4 is 10.1 Å². The first-order valence-corrected chi connectivity index (χ1v) is 7.60. The zero-order valence-electron chi connectivity index (χ0n) is 12.4. The minimum Gasteiger partial charge on any atom is -0.497 e. The lowest BCUT2D eigenvalue weighted by Gasteiger charge is -2.19. The van der Waals surface area contributed by atoms with Crippen LogP contribution in [0.3, 0.4) is 0 Å². The number of nitrogens with one attached hydrogen (secondary N) is 1. The van der Waals surface area contributed by atoms with Crippen LogP contribution in [0.15, 0.2) is 40.9 Å². The van der Waals surface area contributed by atoms with E-state index in [0.717, 1.165) is 27.8 Å². The van der Waals surface area contributed by atoms with Crippen molar-refractivity contribution in [2.24, 2.45) is 0 Å². The van der Waals surface area contributed by atoms with Gasteiger partial charge in [0.2, 0.25) is 0 Å². The van der Waals surface area contributed by atoms with Crippen molar-refractivity contribution in [3.63, 3.8) is 0 Å². The Balaban J connectivity index is 2.28. The van der Waals surface area contributed by atoms with Gasteiger partial charge >= 0.3 is 0 Å². The van der Waals surface area contributed by atoms with E-state index in [9.17, 15) is 4.39 Å². The molecule has 0 aromatic heterocycles. The zero-order valence-corrected chi connectivity index (χ0v) is 14.0. The van der Waals surface area contributed by atoms with Crippen molar-refractivity contribution < 1.29 is 9.13 Å². The van der Waals surface area contributed by atoms with Crippen LogP contribution in [0.25, 0.3) is 0 Å². The number of rotatable bonds is 5. The summed E-state index contributed by atoms with van der Waals surface area (Å²) in [5, 5.41) is 3.29. The Morgan fingerprint density at radius 2 is 2.00 bits per heavy atom. The number of halogens is 2. The normalized spacial score (nSPS) is 12.2. The molecule has 1 unspecified atom stereocenters. The third kappa shape index (κ3) is 3.83. The fourth-order valence-corrected chi connectivity index (χ4v) is 2.73. The van der Waals surface area contributed by atoms with Gasteiger partial charge in [0, 0.05) is 10.5 Å². The number of aryl methyl sites for hydroxylation is 1. The maximum absolute atomic E-state index is 13.4. The van der Waals surface area contributed by atoms with E-state index in [2.05, 4.69) is 21.2 Å². The van der Waals surface area contributed by atoms with E-state index in [-0.39, 0.29) is 11.9 Å². The van der Waals surface area contributed by atoms with Crippen molar-refractivity contribution in [1.29, 1.82) is 0 Å². The highest BCUT2D eigenvalue weighted by atomic mass is 79.9. The summed E-state index contributed by atoms with van der Waals surface area (Å²) in [4.78, 5) is 0. The highest BCUT2D eigenvalue weighted by Crippen LogP contribution is 2.28. The highest BCUT2D eigenvalue weighted by molar-refractivity contribution is 9.10. The monoisotopic (exact) mass is 351 g/mol. The second-order valence-corrected chi connectivity index (χ2v) is 5.87. The summed E-state index contributed by atoms with van der Waals surface area (Å²) in [5.41, 5.74) is 2.89. The Bertz CT molecular complexity index is 630. The molecule has 0 amide bonds. The Labute approximate surface area is 133 Å². The third-order valence-corrected chi connectivity index (χ3v) is 4.38. The van der Waals surface area contributed by atoms with Crippen LogP contribution in [0.4, 0.5) is 4.39 Å². The van der Waals surface area contributed by atoms with Crippen LogP contribution in [-0.2, 0) is 6.42 Å². The molecule has 0 aliphatic heterocycles. The molecule has 0 heterocycles. The van der Waals surface area contributed by atoms with Gasteiger partial charge < -0.3 is 10.1 Å². The molecular weight excluding hydrogens is 333 g/mol. The Morgan fingerprint density at radius 1 is 1.24 bits per heavy atom. The molecule has 0 bridgehead atoms. The van der Waals surface area contributed by atoms with Gasteiger partial charge in [-0.05, 0) is 61.3 Å². The van der Waals surface area contributed by atoms with Crippen LogP contribution >= 0.6 is 15.9 Å². The Hall–Kier alpha value is -1.39. The largest absolute Gasteiger partial charge is 0.497 e. The summed E-state index contributed by atoms with van der Waals surface area (Å²) < 4.78 is 19.7. The molecule has 2 aromatic carbocycles. The van der Waals surface area contributed by atoms with Gasteiger partial charge in [-0.25, -0.2) is 4.39 Å². The molecule has 4 heteroatoms. The second kappa shape index (κ2) is 7.05. The quantitative estimate of drug-likeness (QED) is 0.861. The summed E-state index contributed by atoms with van der Waals surface area (Å²) in [7, 11) is 3.57. The van der Waals surface area contributed by atoms with Gasteiger partial charge in [-0.2, -0.15) is 0 Å². The van der Waals surface area contributed by atoms with Gasteiger partial charge in [0.05, 0.1) is 7.11 Å². The first-order chi connectivity index (χ1) is 10.0. The molecule has 0 saturated carbocycles. The number of hydrogen-bond acceptors (Lipinski definition) is 2. The molecule has 112 valence electrons. The number of benzene rings is 2. The summed E-state index contributed by atoms with van der Waals surface area (Å²) in [5.74, 6) is 0.662. The number of hydrogen-bond donors (Lipinski definition) is 1. The summed E-state index contributed by atoms with van der Waals surface area (Å²) >= 11 is 3.57. The molecule has 2 rings (SSSR count). The first-order valence-electron chi connectivity index (χ1n) is 6.81. The summed E-state index contributed by atoms with van der Waals surface area (Å²) in [6, 6.07) is 11.3. The van der Waals surface area contributed by atoms with E-state index in [1.54, 1.807) is 14.0 Å². The molecule has 0 aliphatic carbocycles. The molecule has 0 spiro atoms. The van der Waals surface area contributed by atoms with Crippen molar-refractivity contribution in [2.75, 3.05) is 14.2 Å². The fraction of sp³-hybridized carbons (Fsp3) is 0.294. The minimum absolute atomic E-state index is 0.118. The van der Waals surface area contributed by atoms with Crippen LogP contribution in [-0.4, -0.2) is 14.2 Å². The lowest BCUT2D eigenvalue weighted by molar-refractivity contribution is 0.414. The van der Waals surface area contributed by atoms with Crippen molar-refractivity contribution in [2.45, 2.75) is 19.4 Å². The smallest absolute Gasteiger partial charge is 0.126 e. The van der Waals surface area contributed by atoms with E-state index in [1.165, 1.54) is 6.07 Å². The van der Waals surface area contributed by atoms with Crippen molar-refractivity contribution in [3.8, 4) is 5.75 Å². The lowest BCUT2D eigenvalue weighted by atomic mass is 9.97. The molecular formula is C17H19BrFNO. The van der Waals surface area contributed by atoms with Crippen LogP contribution in [0.5, 0.6) is 5.75 Å². The standard InChI is InChI=1S/C17H19BrFNO/c1-11-8-12(4-7-16(11)19)17(20-2)10-13-9-14(21-3)5-6-15(13)18/h4-9,17,20H,10H2,1-3H3. The Kier molecular flexibility index (Phi) is 5.37. The summed E-state index contributed by atoms with van der Waals surface area (Å²) in [6.45, 7) is 1.78. The maximum Gasteiger partial charge on any atom is 0.126 e.